The average Bonchev–Trinajstić information content (AvgIpc) is 3.66. The van der Waals surface area contributed by atoms with Crippen molar-refractivity contribution in [2.24, 2.45) is 0 Å². The number of carbonyl (C=O) groups is 2. The van der Waals surface area contributed by atoms with Crippen LogP contribution in [0, 0.1) is 0 Å². The standard InChI is InChI=1S/C48H40BrN2O2P/c49-54(42-25-13-4-14-26-42,43-27-15-5-16-28-43,44-29-17-6-18-30-44)45-35-36-51(47(45)53)41-33-31-37(32-34-41)46(52)50-48(38-19-7-1-8-20-38,39-21-9-2-10-22-39)40-23-11-3-12-24-40/h1-34,45H,35-36H2,(H,50,52). The first kappa shape index (κ1) is 35.4. The zero-order valence-corrected chi connectivity index (χ0v) is 32.2. The number of amides is 2. The van der Waals surface area contributed by atoms with Crippen LogP contribution in [0.1, 0.15) is 33.5 Å². The molecule has 0 aromatic heterocycles. The van der Waals surface area contributed by atoms with E-state index in [0.29, 0.717) is 18.5 Å². The van der Waals surface area contributed by atoms with Gasteiger partial charge in [-0.25, -0.2) is 0 Å². The number of nitrogens with zero attached hydrogens (tertiary/aromatic N) is 1. The van der Waals surface area contributed by atoms with Crippen molar-refractivity contribution in [2.45, 2.75) is 17.6 Å². The zero-order valence-electron chi connectivity index (χ0n) is 29.7. The van der Waals surface area contributed by atoms with Crippen LogP contribution in [-0.4, -0.2) is 24.0 Å². The topological polar surface area (TPSA) is 49.4 Å². The van der Waals surface area contributed by atoms with E-state index in [1.165, 1.54) is 0 Å². The van der Waals surface area contributed by atoms with Gasteiger partial charge in [0.25, 0.3) is 0 Å². The summed E-state index contributed by atoms with van der Waals surface area (Å²) < 4.78 is 0. The molecule has 1 N–H and O–H groups in total. The first-order valence-corrected chi connectivity index (χ1v) is 22.6. The van der Waals surface area contributed by atoms with E-state index in [9.17, 15) is 4.79 Å². The van der Waals surface area contributed by atoms with E-state index in [1.807, 2.05) is 102 Å². The van der Waals surface area contributed by atoms with Gasteiger partial charge in [0.15, 0.2) is 0 Å². The molecule has 1 saturated heterocycles. The third kappa shape index (κ3) is 5.80. The molecule has 1 aliphatic heterocycles. The summed E-state index contributed by atoms with van der Waals surface area (Å²) in [5.74, 6) is -0.152. The molecular formula is C48H40BrN2O2P. The number of anilines is 1. The predicted molar refractivity (Wildman–Crippen MR) is 228 cm³/mol. The van der Waals surface area contributed by atoms with Crippen LogP contribution in [-0.2, 0) is 10.3 Å². The van der Waals surface area contributed by atoms with Gasteiger partial charge in [-0.3, -0.25) is 0 Å². The molecule has 0 spiro atoms. The van der Waals surface area contributed by atoms with E-state index in [0.717, 1.165) is 38.3 Å². The summed E-state index contributed by atoms with van der Waals surface area (Å²) >= 11 is 4.53. The molecule has 0 aliphatic carbocycles. The number of hydrogen-bond donors (Lipinski definition) is 1. The van der Waals surface area contributed by atoms with Crippen molar-refractivity contribution in [2.75, 3.05) is 11.4 Å². The van der Waals surface area contributed by atoms with Gasteiger partial charge in [0.05, 0.1) is 0 Å². The molecule has 7 aromatic carbocycles. The third-order valence-electron chi connectivity index (χ3n) is 10.9. The number of rotatable bonds is 10. The van der Waals surface area contributed by atoms with E-state index < -0.39 is 10.8 Å². The van der Waals surface area contributed by atoms with Crippen LogP contribution in [0.25, 0.3) is 0 Å². The summed E-state index contributed by atoms with van der Waals surface area (Å²) in [6.45, 7) is 0.560. The fraction of sp³-hybridized carbons (Fsp3) is 0.0833. The number of nitrogens with one attached hydrogen (secondary N) is 1. The Morgan fingerprint density at radius 1 is 0.537 bits per heavy atom. The average molecular weight is 788 g/mol. The van der Waals surface area contributed by atoms with Crippen molar-refractivity contribution in [3.63, 3.8) is 0 Å². The van der Waals surface area contributed by atoms with Crippen LogP contribution in [0.3, 0.4) is 0 Å². The fourth-order valence-electron chi connectivity index (χ4n) is 8.33. The molecule has 8 rings (SSSR count). The number of benzene rings is 7. The monoisotopic (exact) mass is 786 g/mol. The molecule has 4 nitrogen and oxygen atoms in total. The molecule has 6 heteroatoms. The van der Waals surface area contributed by atoms with Gasteiger partial charge in [0.1, 0.15) is 0 Å². The quantitative estimate of drug-likeness (QED) is 0.111. The second-order valence-corrected chi connectivity index (χ2v) is 22.5. The first-order chi connectivity index (χ1) is 26.4. The summed E-state index contributed by atoms with van der Waals surface area (Å²) in [6, 6.07) is 69.2. The Bertz CT molecular complexity index is 2160. The Morgan fingerprint density at radius 3 is 1.26 bits per heavy atom. The van der Waals surface area contributed by atoms with Gasteiger partial charge in [-0.15, -0.1) is 0 Å². The zero-order chi connectivity index (χ0) is 37.0. The fourth-order valence-corrected chi connectivity index (χ4v) is 17.0. The van der Waals surface area contributed by atoms with Crippen molar-refractivity contribution in [1.29, 1.82) is 0 Å². The second kappa shape index (κ2) is 14.7. The van der Waals surface area contributed by atoms with Gasteiger partial charge >= 0.3 is 272 Å². The van der Waals surface area contributed by atoms with Crippen molar-refractivity contribution in [3.8, 4) is 0 Å². The molecule has 1 fully saturated rings. The Labute approximate surface area is 325 Å². The van der Waals surface area contributed by atoms with Gasteiger partial charge < -0.3 is 0 Å². The predicted octanol–water partition coefficient (Wildman–Crippen LogP) is 9.35. The SMILES string of the molecule is O=C(NC(c1ccccc1)(c1ccccc1)c1ccccc1)c1ccc(N2CCC(P(Br)(c3ccccc3)(c3ccccc3)c3ccccc3)C2=O)cc1. The molecule has 266 valence electrons. The molecular weight excluding hydrogens is 747 g/mol. The Hall–Kier alpha value is -5.61. The summed E-state index contributed by atoms with van der Waals surface area (Å²) in [7, 11) is 0. The summed E-state index contributed by atoms with van der Waals surface area (Å²) in [6.07, 6.45) is 0.663. The van der Waals surface area contributed by atoms with Gasteiger partial charge in [0, 0.05) is 0 Å². The van der Waals surface area contributed by atoms with Crippen molar-refractivity contribution < 1.29 is 9.59 Å². The first-order valence-electron chi connectivity index (χ1n) is 18.3. The minimum absolute atomic E-state index is 0.0644. The van der Waals surface area contributed by atoms with Crippen LogP contribution in [0.4, 0.5) is 5.69 Å². The van der Waals surface area contributed by atoms with Gasteiger partial charge in [-0.1, -0.05) is 54.6 Å². The number of hydrogen-bond acceptors (Lipinski definition) is 2. The van der Waals surface area contributed by atoms with E-state index >= 15 is 4.79 Å². The van der Waals surface area contributed by atoms with E-state index in [-0.39, 0.29) is 17.5 Å². The maximum atomic E-state index is 15.0. The molecule has 1 atom stereocenters. The summed E-state index contributed by atoms with van der Waals surface area (Å²) in [5, 5.41) is 3.26. The summed E-state index contributed by atoms with van der Waals surface area (Å²) in [5.41, 5.74) is 2.84. The molecule has 0 radical (unpaired) electrons. The van der Waals surface area contributed by atoms with Crippen LogP contribution < -0.4 is 26.1 Å². The Balaban J connectivity index is 1.16. The van der Waals surface area contributed by atoms with Crippen molar-refractivity contribution >= 4 is 54.2 Å². The van der Waals surface area contributed by atoms with Crippen molar-refractivity contribution in [3.05, 3.63) is 229 Å². The second-order valence-electron chi connectivity index (χ2n) is 13.7. The molecule has 2 amide bonds. The van der Waals surface area contributed by atoms with Crippen molar-refractivity contribution in [1.82, 2.24) is 5.32 Å². The van der Waals surface area contributed by atoms with E-state index in [2.05, 4.69) is 130 Å². The number of carbonyl (C=O) groups excluding carboxylic acids is 2. The summed E-state index contributed by atoms with van der Waals surface area (Å²) in [4.78, 5) is 31.3. The van der Waals surface area contributed by atoms with Gasteiger partial charge in [-0.05, 0) is 0 Å². The molecule has 0 saturated carbocycles. The van der Waals surface area contributed by atoms with E-state index in [1.54, 1.807) is 0 Å². The maximum absolute atomic E-state index is 15.0. The van der Waals surface area contributed by atoms with Gasteiger partial charge in [-0.2, -0.15) is 0 Å². The molecule has 1 unspecified atom stereocenters. The van der Waals surface area contributed by atoms with Crippen LogP contribution in [0.2, 0.25) is 0 Å². The Morgan fingerprint density at radius 2 is 0.889 bits per heavy atom. The molecule has 54 heavy (non-hydrogen) atoms. The molecule has 1 heterocycles. The Kier molecular flexibility index (Phi) is 9.62. The van der Waals surface area contributed by atoms with E-state index in [4.69, 9.17) is 0 Å². The third-order valence-corrected chi connectivity index (χ3v) is 21.7. The number of halogens is 1. The minimum atomic E-state index is -3.56. The van der Waals surface area contributed by atoms with Crippen LogP contribution in [0.5, 0.6) is 0 Å². The normalized spacial score (nSPS) is 15.3. The van der Waals surface area contributed by atoms with Crippen LogP contribution in [0.15, 0.2) is 206 Å². The molecule has 7 aromatic rings. The molecule has 0 bridgehead atoms. The van der Waals surface area contributed by atoms with Crippen LogP contribution >= 0.6 is 20.8 Å². The van der Waals surface area contributed by atoms with Gasteiger partial charge in [0.2, 0.25) is 0 Å². The molecule has 1 aliphatic rings.